The van der Waals surface area contributed by atoms with E-state index in [4.69, 9.17) is 5.73 Å². The average molecular weight is 314 g/mol. The van der Waals surface area contributed by atoms with Gasteiger partial charge in [-0.05, 0) is 47.7 Å². The lowest BCUT2D eigenvalue weighted by molar-refractivity contribution is 0.0680. The van der Waals surface area contributed by atoms with Crippen molar-refractivity contribution in [2.45, 2.75) is 37.8 Å². The van der Waals surface area contributed by atoms with Crippen molar-refractivity contribution in [1.29, 1.82) is 0 Å². The Hall–Kier alpha value is -0.810. The second kappa shape index (κ2) is 5.45. The SMILES string of the molecule is CN(C(=O)c1cc(Br)cn1C)C1CCC(N)CC1. The van der Waals surface area contributed by atoms with Gasteiger partial charge in [-0.15, -0.1) is 0 Å². The van der Waals surface area contributed by atoms with Crippen molar-refractivity contribution in [1.82, 2.24) is 9.47 Å². The van der Waals surface area contributed by atoms with Crippen molar-refractivity contribution in [3.8, 4) is 0 Å². The minimum absolute atomic E-state index is 0.0867. The van der Waals surface area contributed by atoms with E-state index in [0.29, 0.717) is 12.1 Å². The molecular formula is C13H20BrN3O. The van der Waals surface area contributed by atoms with Crippen LogP contribution in [0.1, 0.15) is 36.2 Å². The summed E-state index contributed by atoms with van der Waals surface area (Å²) in [6.45, 7) is 0. The number of hydrogen-bond donors (Lipinski definition) is 1. The molecule has 1 amide bonds. The number of halogens is 1. The molecule has 1 fully saturated rings. The van der Waals surface area contributed by atoms with Gasteiger partial charge in [-0.3, -0.25) is 4.79 Å². The molecule has 1 aliphatic rings. The van der Waals surface area contributed by atoms with E-state index >= 15 is 0 Å². The summed E-state index contributed by atoms with van der Waals surface area (Å²) >= 11 is 3.40. The second-order valence-electron chi connectivity index (χ2n) is 5.14. The highest BCUT2D eigenvalue weighted by Crippen LogP contribution is 2.23. The maximum Gasteiger partial charge on any atom is 0.270 e. The van der Waals surface area contributed by atoms with Gasteiger partial charge in [0.1, 0.15) is 5.69 Å². The summed E-state index contributed by atoms with van der Waals surface area (Å²) in [7, 11) is 3.79. The Balaban J connectivity index is 2.07. The van der Waals surface area contributed by atoms with Crippen LogP contribution in [0.3, 0.4) is 0 Å². The van der Waals surface area contributed by atoms with Crippen LogP contribution < -0.4 is 5.73 Å². The van der Waals surface area contributed by atoms with Crippen LogP contribution in [0.15, 0.2) is 16.7 Å². The van der Waals surface area contributed by atoms with E-state index < -0.39 is 0 Å². The van der Waals surface area contributed by atoms with E-state index in [1.165, 1.54) is 0 Å². The molecule has 18 heavy (non-hydrogen) atoms. The van der Waals surface area contributed by atoms with E-state index in [9.17, 15) is 4.79 Å². The molecule has 1 saturated carbocycles. The lowest BCUT2D eigenvalue weighted by Crippen LogP contribution is -2.42. The van der Waals surface area contributed by atoms with Crippen molar-refractivity contribution >= 4 is 21.8 Å². The van der Waals surface area contributed by atoms with E-state index in [-0.39, 0.29) is 5.91 Å². The van der Waals surface area contributed by atoms with Gasteiger partial charge >= 0.3 is 0 Å². The van der Waals surface area contributed by atoms with Gasteiger partial charge in [-0.1, -0.05) is 0 Å². The van der Waals surface area contributed by atoms with Crippen molar-refractivity contribution in [3.05, 3.63) is 22.4 Å². The Bertz CT molecular complexity index is 435. The van der Waals surface area contributed by atoms with Crippen LogP contribution in [-0.2, 0) is 7.05 Å². The molecule has 5 heteroatoms. The standard InChI is InChI=1S/C13H20BrN3O/c1-16-8-9(14)7-12(16)13(18)17(2)11-5-3-10(15)4-6-11/h7-8,10-11H,3-6,15H2,1-2H3. The first-order valence-electron chi connectivity index (χ1n) is 6.33. The molecule has 0 bridgehead atoms. The van der Waals surface area contributed by atoms with E-state index in [0.717, 1.165) is 35.8 Å². The number of aromatic nitrogens is 1. The van der Waals surface area contributed by atoms with Crippen molar-refractivity contribution in [3.63, 3.8) is 0 Å². The Morgan fingerprint density at radius 1 is 1.44 bits per heavy atom. The monoisotopic (exact) mass is 313 g/mol. The molecule has 0 radical (unpaired) electrons. The van der Waals surface area contributed by atoms with Crippen molar-refractivity contribution in [2.24, 2.45) is 12.8 Å². The zero-order chi connectivity index (χ0) is 13.3. The Morgan fingerprint density at radius 2 is 2.06 bits per heavy atom. The predicted molar refractivity (Wildman–Crippen MR) is 75.4 cm³/mol. The number of nitrogens with zero attached hydrogens (tertiary/aromatic N) is 2. The van der Waals surface area contributed by atoms with Crippen LogP contribution in [-0.4, -0.2) is 34.5 Å². The van der Waals surface area contributed by atoms with E-state index in [1.54, 1.807) is 0 Å². The quantitative estimate of drug-likeness (QED) is 0.909. The Labute approximate surface area is 116 Å². The molecule has 2 N–H and O–H groups in total. The first-order valence-corrected chi connectivity index (χ1v) is 7.13. The van der Waals surface area contributed by atoms with Crippen molar-refractivity contribution < 1.29 is 4.79 Å². The van der Waals surface area contributed by atoms with E-state index in [2.05, 4.69) is 15.9 Å². The molecule has 1 aliphatic carbocycles. The number of rotatable bonds is 2. The molecule has 0 spiro atoms. The lowest BCUT2D eigenvalue weighted by atomic mass is 9.91. The lowest BCUT2D eigenvalue weighted by Gasteiger charge is -2.33. The van der Waals surface area contributed by atoms with Gasteiger partial charge in [0.05, 0.1) is 0 Å². The smallest absolute Gasteiger partial charge is 0.270 e. The van der Waals surface area contributed by atoms with Crippen LogP contribution in [0.4, 0.5) is 0 Å². The fourth-order valence-electron chi connectivity index (χ4n) is 2.57. The average Bonchev–Trinajstić information content (AvgIpc) is 2.67. The molecule has 1 aromatic heterocycles. The molecule has 100 valence electrons. The number of aryl methyl sites for hydroxylation is 1. The summed E-state index contributed by atoms with van der Waals surface area (Å²) in [5, 5.41) is 0. The largest absolute Gasteiger partial charge is 0.345 e. The fourth-order valence-corrected chi connectivity index (χ4v) is 3.10. The van der Waals surface area contributed by atoms with Crippen molar-refractivity contribution in [2.75, 3.05) is 7.05 Å². The van der Waals surface area contributed by atoms with Crippen LogP contribution in [0.5, 0.6) is 0 Å². The maximum atomic E-state index is 12.4. The normalized spacial score (nSPS) is 24.0. The summed E-state index contributed by atoms with van der Waals surface area (Å²) in [6.07, 6.45) is 5.94. The van der Waals surface area contributed by atoms with Gasteiger partial charge in [0.15, 0.2) is 0 Å². The van der Waals surface area contributed by atoms with Gasteiger partial charge in [0.2, 0.25) is 0 Å². The third kappa shape index (κ3) is 2.78. The first-order chi connectivity index (χ1) is 8.49. The molecule has 0 aromatic carbocycles. The predicted octanol–water partition coefficient (Wildman–Crippen LogP) is 2.13. The number of amides is 1. The third-order valence-corrected chi connectivity index (χ3v) is 4.23. The van der Waals surface area contributed by atoms with Gasteiger partial charge in [-0.25, -0.2) is 0 Å². The van der Waals surface area contributed by atoms with Gasteiger partial charge < -0.3 is 15.2 Å². The molecule has 2 rings (SSSR count). The fraction of sp³-hybridized carbons (Fsp3) is 0.615. The first kappa shape index (κ1) is 13.6. The number of carbonyl (C=O) groups excluding carboxylic acids is 1. The molecular weight excluding hydrogens is 294 g/mol. The minimum Gasteiger partial charge on any atom is -0.345 e. The second-order valence-corrected chi connectivity index (χ2v) is 6.05. The van der Waals surface area contributed by atoms with Crippen LogP contribution in [0.2, 0.25) is 0 Å². The summed E-state index contributed by atoms with van der Waals surface area (Å²) in [6, 6.07) is 2.51. The number of nitrogens with two attached hydrogens (primary N) is 1. The third-order valence-electron chi connectivity index (χ3n) is 3.80. The molecule has 0 saturated heterocycles. The van der Waals surface area contributed by atoms with Gasteiger partial charge in [-0.2, -0.15) is 0 Å². The molecule has 4 nitrogen and oxygen atoms in total. The molecule has 1 aromatic rings. The van der Waals surface area contributed by atoms with Crippen LogP contribution in [0.25, 0.3) is 0 Å². The summed E-state index contributed by atoms with van der Waals surface area (Å²) in [5.41, 5.74) is 6.62. The maximum absolute atomic E-state index is 12.4. The summed E-state index contributed by atoms with van der Waals surface area (Å²) in [4.78, 5) is 14.3. The number of carbonyl (C=O) groups is 1. The highest BCUT2D eigenvalue weighted by atomic mass is 79.9. The summed E-state index contributed by atoms with van der Waals surface area (Å²) < 4.78 is 2.80. The topological polar surface area (TPSA) is 51.3 Å². The molecule has 0 atom stereocenters. The zero-order valence-corrected chi connectivity index (χ0v) is 12.5. The van der Waals surface area contributed by atoms with Gasteiger partial charge in [0.25, 0.3) is 5.91 Å². The Kier molecular flexibility index (Phi) is 4.12. The van der Waals surface area contributed by atoms with Gasteiger partial charge in [0, 0.05) is 36.8 Å². The molecule has 1 heterocycles. The minimum atomic E-state index is 0.0867. The van der Waals surface area contributed by atoms with E-state index in [1.807, 2.05) is 35.8 Å². The van der Waals surface area contributed by atoms with Crippen LogP contribution in [0, 0.1) is 0 Å². The highest BCUT2D eigenvalue weighted by molar-refractivity contribution is 9.10. The highest BCUT2D eigenvalue weighted by Gasteiger charge is 2.26. The molecule has 0 aliphatic heterocycles. The van der Waals surface area contributed by atoms with Crippen LogP contribution >= 0.6 is 15.9 Å². The summed E-state index contributed by atoms with van der Waals surface area (Å²) in [5.74, 6) is 0.0867. The Morgan fingerprint density at radius 3 is 2.56 bits per heavy atom. The number of hydrogen-bond acceptors (Lipinski definition) is 2. The molecule has 0 unspecified atom stereocenters. The zero-order valence-electron chi connectivity index (χ0n) is 10.9.